The van der Waals surface area contributed by atoms with Gasteiger partial charge in [-0.25, -0.2) is 4.98 Å². The van der Waals surface area contributed by atoms with Gasteiger partial charge in [0.25, 0.3) is 11.6 Å². The van der Waals surface area contributed by atoms with E-state index in [2.05, 4.69) is 14.9 Å². The Kier molecular flexibility index (Phi) is 6.29. The molecule has 32 heavy (non-hydrogen) atoms. The van der Waals surface area contributed by atoms with Crippen LogP contribution in [-0.4, -0.2) is 75.3 Å². The third-order valence-corrected chi connectivity index (χ3v) is 5.87. The van der Waals surface area contributed by atoms with Crippen LogP contribution in [0.5, 0.6) is 0 Å². The second-order valence-electron chi connectivity index (χ2n) is 8.16. The third-order valence-electron chi connectivity index (χ3n) is 5.87. The van der Waals surface area contributed by atoms with Gasteiger partial charge in [-0.2, -0.15) is 0 Å². The van der Waals surface area contributed by atoms with Crippen molar-refractivity contribution in [3.8, 4) is 0 Å². The lowest BCUT2D eigenvalue weighted by molar-refractivity contribution is -0.384. The quantitative estimate of drug-likeness (QED) is 0.480. The number of piperazine rings is 1. The molecule has 0 atom stereocenters. The number of nitrogens with zero attached hydrogens (tertiary/aromatic N) is 6. The Morgan fingerprint density at radius 1 is 1.09 bits per heavy atom. The fraction of sp³-hybridized carbons (Fsp3) is 0.455. The molecule has 2 aliphatic rings. The molecule has 1 aromatic carbocycles. The van der Waals surface area contributed by atoms with E-state index in [1.54, 1.807) is 23.2 Å². The van der Waals surface area contributed by atoms with E-state index in [9.17, 15) is 19.7 Å². The standard InChI is InChI=1S/C22H26N6O4/c1-16-14-24-20(15-23-16)22(30)27(18-4-5-18)9-8-21(29)26-12-10-25(11-13-26)17-2-6-19(7-3-17)28(31)32/h2-3,6-7,14-15,18H,4-5,8-13H2,1H3. The molecule has 2 fully saturated rings. The molecule has 1 saturated heterocycles. The maximum atomic E-state index is 12.8. The van der Waals surface area contributed by atoms with Gasteiger partial charge in [-0.1, -0.05) is 0 Å². The number of aryl methyl sites for hydroxylation is 1. The van der Waals surface area contributed by atoms with Crippen molar-refractivity contribution in [2.75, 3.05) is 37.6 Å². The Balaban J connectivity index is 1.29. The highest BCUT2D eigenvalue weighted by Gasteiger charge is 2.34. The molecule has 0 bridgehead atoms. The third kappa shape index (κ3) is 5.01. The summed E-state index contributed by atoms with van der Waals surface area (Å²) in [6.07, 6.45) is 5.25. The number of nitro groups is 1. The van der Waals surface area contributed by atoms with Crippen molar-refractivity contribution in [2.45, 2.75) is 32.2 Å². The Morgan fingerprint density at radius 3 is 2.34 bits per heavy atom. The zero-order valence-corrected chi connectivity index (χ0v) is 18.0. The van der Waals surface area contributed by atoms with Crippen LogP contribution in [0.15, 0.2) is 36.7 Å². The summed E-state index contributed by atoms with van der Waals surface area (Å²) in [4.78, 5) is 50.1. The molecule has 0 unspecified atom stereocenters. The lowest BCUT2D eigenvalue weighted by Gasteiger charge is -2.36. The number of aromatic nitrogens is 2. The number of carbonyl (C=O) groups is 2. The van der Waals surface area contributed by atoms with Crippen LogP contribution in [0, 0.1) is 17.0 Å². The van der Waals surface area contributed by atoms with Crippen molar-refractivity contribution >= 4 is 23.2 Å². The van der Waals surface area contributed by atoms with Crippen LogP contribution < -0.4 is 4.90 Å². The number of anilines is 1. The van der Waals surface area contributed by atoms with Gasteiger partial charge in [-0.3, -0.25) is 24.7 Å². The van der Waals surface area contributed by atoms with Crippen molar-refractivity contribution in [3.05, 3.63) is 58.2 Å². The number of hydrogen-bond acceptors (Lipinski definition) is 7. The highest BCUT2D eigenvalue weighted by atomic mass is 16.6. The van der Waals surface area contributed by atoms with E-state index in [-0.39, 0.29) is 30.0 Å². The number of hydrogen-bond donors (Lipinski definition) is 0. The first-order valence-electron chi connectivity index (χ1n) is 10.8. The molecule has 4 rings (SSSR count). The largest absolute Gasteiger partial charge is 0.368 e. The fourth-order valence-electron chi connectivity index (χ4n) is 3.86. The molecule has 0 N–H and O–H groups in total. The van der Waals surface area contributed by atoms with Crippen molar-refractivity contribution in [1.82, 2.24) is 19.8 Å². The van der Waals surface area contributed by atoms with Gasteiger partial charge >= 0.3 is 0 Å². The molecule has 1 aromatic heterocycles. The van der Waals surface area contributed by atoms with Crippen molar-refractivity contribution in [2.24, 2.45) is 0 Å². The van der Waals surface area contributed by atoms with Crippen LogP contribution in [0.2, 0.25) is 0 Å². The van der Waals surface area contributed by atoms with Gasteiger partial charge in [0.15, 0.2) is 0 Å². The van der Waals surface area contributed by atoms with Crippen molar-refractivity contribution in [3.63, 3.8) is 0 Å². The molecular weight excluding hydrogens is 412 g/mol. The maximum Gasteiger partial charge on any atom is 0.274 e. The van der Waals surface area contributed by atoms with Crippen molar-refractivity contribution < 1.29 is 14.5 Å². The van der Waals surface area contributed by atoms with E-state index < -0.39 is 4.92 Å². The first-order valence-corrected chi connectivity index (χ1v) is 10.8. The van der Waals surface area contributed by atoms with Crippen LogP contribution in [0.4, 0.5) is 11.4 Å². The van der Waals surface area contributed by atoms with E-state index in [1.807, 2.05) is 11.8 Å². The summed E-state index contributed by atoms with van der Waals surface area (Å²) in [6.45, 7) is 4.68. The van der Waals surface area contributed by atoms with Gasteiger partial charge in [0.05, 0.1) is 16.8 Å². The lowest BCUT2D eigenvalue weighted by atomic mass is 10.2. The summed E-state index contributed by atoms with van der Waals surface area (Å²) in [5, 5.41) is 10.8. The zero-order valence-electron chi connectivity index (χ0n) is 18.0. The van der Waals surface area contributed by atoms with Crippen LogP contribution in [-0.2, 0) is 4.79 Å². The van der Waals surface area contributed by atoms with E-state index in [0.717, 1.165) is 24.2 Å². The molecule has 2 heterocycles. The molecule has 0 radical (unpaired) electrons. The minimum atomic E-state index is -0.415. The summed E-state index contributed by atoms with van der Waals surface area (Å²) in [5.74, 6) is -0.141. The summed E-state index contributed by atoms with van der Waals surface area (Å²) in [5.41, 5.74) is 2.04. The van der Waals surface area contributed by atoms with Crippen molar-refractivity contribution in [1.29, 1.82) is 0 Å². The number of non-ortho nitro benzene ring substituents is 1. The van der Waals surface area contributed by atoms with Crippen LogP contribution >= 0.6 is 0 Å². The van der Waals surface area contributed by atoms with E-state index in [1.165, 1.54) is 18.3 Å². The molecule has 1 aliphatic heterocycles. The minimum Gasteiger partial charge on any atom is -0.368 e. The maximum absolute atomic E-state index is 12.8. The summed E-state index contributed by atoms with van der Waals surface area (Å²) >= 11 is 0. The van der Waals surface area contributed by atoms with Gasteiger partial charge in [0.2, 0.25) is 5.91 Å². The smallest absolute Gasteiger partial charge is 0.274 e. The number of amides is 2. The Labute approximate surface area is 186 Å². The van der Waals surface area contributed by atoms with Gasteiger partial charge in [-0.05, 0) is 31.9 Å². The van der Waals surface area contributed by atoms with Gasteiger partial charge in [0, 0.05) is 69.2 Å². The first-order chi connectivity index (χ1) is 15.4. The van der Waals surface area contributed by atoms with Crippen LogP contribution in [0.25, 0.3) is 0 Å². The molecule has 10 heteroatoms. The molecule has 0 spiro atoms. The topological polar surface area (TPSA) is 113 Å². The number of carbonyl (C=O) groups excluding carboxylic acids is 2. The van der Waals surface area contributed by atoms with Crippen LogP contribution in [0.3, 0.4) is 0 Å². The summed E-state index contributed by atoms with van der Waals surface area (Å²) in [7, 11) is 0. The fourth-order valence-corrected chi connectivity index (χ4v) is 3.86. The monoisotopic (exact) mass is 438 g/mol. The lowest BCUT2D eigenvalue weighted by Crippen LogP contribution is -2.49. The second-order valence-corrected chi connectivity index (χ2v) is 8.16. The zero-order chi connectivity index (χ0) is 22.7. The Hall–Kier alpha value is -3.56. The number of benzene rings is 1. The normalized spacial score (nSPS) is 16.0. The number of rotatable bonds is 7. The summed E-state index contributed by atoms with van der Waals surface area (Å²) in [6, 6.07) is 6.65. The van der Waals surface area contributed by atoms with E-state index in [0.29, 0.717) is 38.4 Å². The van der Waals surface area contributed by atoms with Gasteiger partial charge in [-0.15, -0.1) is 0 Å². The predicted molar refractivity (Wildman–Crippen MR) is 117 cm³/mol. The highest BCUT2D eigenvalue weighted by molar-refractivity contribution is 5.92. The SMILES string of the molecule is Cc1cnc(C(=O)N(CCC(=O)N2CCN(c3ccc([N+](=O)[O-])cc3)CC2)C2CC2)cn1. The van der Waals surface area contributed by atoms with E-state index >= 15 is 0 Å². The Bertz CT molecular complexity index is 982. The average molecular weight is 438 g/mol. The highest BCUT2D eigenvalue weighted by Crippen LogP contribution is 2.28. The molecule has 2 aromatic rings. The molecule has 1 aliphatic carbocycles. The molecule has 10 nitrogen and oxygen atoms in total. The first kappa shape index (κ1) is 21.7. The summed E-state index contributed by atoms with van der Waals surface area (Å²) < 4.78 is 0. The predicted octanol–water partition coefficient (Wildman–Crippen LogP) is 2.04. The van der Waals surface area contributed by atoms with Gasteiger partial charge in [0.1, 0.15) is 5.69 Å². The average Bonchev–Trinajstić information content (AvgIpc) is 3.65. The molecule has 168 valence electrons. The minimum absolute atomic E-state index is 0.0294. The second kappa shape index (κ2) is 9.29. The molecule has 1 saturated carbocycles. The molecular formula is C22H26N6O4. The van der Waals surface area contributed by atoms with Crippen LogP contribution in [0.1, 0.15) is 35.4 Å². The number of nitro benzene ring substituents is 1. The van der Waals surface area contributed by atoms with Gasteiger partial charge < -0.3 is 14.7 Å². The Morgan fingerprint density at radius 2 is 1.78 bits per heavy atom. The molecule has 2 amide bonds. The van der Waals surface area contributed by atoms with E-state index in [4.69, 9.17) is 0 Å².